The number of aliphatic hydroxyl groups is 1. The van der Waals surface area contributed by atoms with E-state index in [0.29, 0.717) is 43.4 Å². The maximum Gasteiger partial charge on any atom is 0.134 e. The number of ether oxygens (including phenoxy) is 1. The predicted molar refractivity (Wildman–Crippen MR) is 70.2 cm³/mol. The van der Waals surface area contributed by atoms with Crippen molar-refractivity contribution in [3.05, 3.63) is 27.7 Å². The molecule has 0 aliphatic carbocycles. The first-order chi connectivity index (χ1) is 8.58. The van der Waals surface area contributed by atoms with E-state index < -0.39 is 6.10 Å². The number of nitrogens with zero attached hydrogens (tertiary/aromatic N) is 1. The molecule has 1 aliphatic heterocycles. The largest absolute Gasteiger partial charge is 0.506 e. The fraction of sp³-hybridized carbons (Fsp3) is 0.500. The zero-order valence-electron chi connectivity index (χ0n) is 9.77. The number of benzene rings is 1. The van der Waals surface area contributed by atoms with Crippen molar-refractivity contribution in [3.8, 4) is 5.75 Å². The van der Waals surface area contributed by atoms with Crippen molar-refractivity contribution < 1.29 is 14.9 Å². The van der Waals surface area contributed by atoms with Crippen molar-refractivity contribution in [2.45, 2.75) is 12.6 Å². The van der Waals surface area contributed by atoms with Crippen LogP contribution in [-0.4, -0.2) is 47.5 Å². The topological polar surface area (TPSA) is 52.9 Å². The van der Waals surface area contributed by atoms with E-state index in [2.05, 4.69) is 0 Å². The molecule has 4 nitrogen and oxygen atoms in total. The number of phenolic OH excluding ortho intramolecular Hbond substituents is 1. The van der Waals surface area contributed by atoms with Crippen LogP contribution in [0.5, 0.6) is 5.75 Å². The van der Waals surface area contributed by atoms with Gasteiger partial charge in [-0.25, -0.2) is 0 Å². The third-order valence-electron chi connectivity index (χ3n) is 2.88. The van der Waals surface area contributed by atoms with Crippen LogP contribution in [0.4, 0.5) is 0 Å². The van der Waals surface area contributed by atoms with Gasteiger partial charge in [0.2, 0.25) is 0 Å². The summed E-state index contributed by atoms with van der Waals surface area (Å²) >= 11 is 12.1. The van der Waals surface area contributed by atoms with E-state index in [-0.39, 0.29) is 10.8 Å². The molecule has 0 saturated carbocycles. The Morgan fingerprint density at radius 3 is 2.94 bits per heavy atom. The molecular formula is C12H15Cl2NO3. The molecule has 1 unspecified atom stereocenters. The average molecular weight is 292 g/mol. The Kier molecular flexibility index (Phi) is 4.70. The number of hydrogen-bond donors (Lipinski definition) is 2. The van der Waals surface area contributed by atoms with Crippen LogP contribution in [0, 0.1) is 0 Å². The zero-order chi connectivity index (χ0) is 13.1. The third-order valence-corrected chi connectivity index (χ3v) is 3.65. The summed E-state index contributed by atoms with van der Waals surface area (Å²) in [4.78, 5) is 2.00. The summed E-state index contributed by atoms with van der Waals surface area (Å²) in [5, 5.41) is 20.0. The van der Waals surface area contributed by atoms with Crippen LogP contribution in [-0.2, 0) is 11.3 Å². The van der Waals surface area contributed by atoms with Crippen LogP contribution in [0.2, 0.25) is 10.0 Å². The Labute approximate surface area is 116 Å². The van der Waals surface area contributed by atoms with Gasteiger partial charge in [-0.3, -0.25) is 4.90 Å². The second-order valence-electron chi connectivity index (χ2n) is 4.32. The predicted octanol–water partition coefficient (Wildman–Crippen LogP) is 1.89. The highest BCUT2D eigenvalue weighted by Gasteiger charge is 2.19. The average Bonchev–Trinajstić information content (AvgIpc) is 2.54. The summed E-state index contributed by atoms with van der Waals surface area (Å²) in [6.07, 6.45) is -0.512. The molecule has 1 aromatic rings. The second kappa shape index (κ2) is 6.08. The van der Waals surface area contributed by atoms with Crippen LogP contribution in [0.3, 0.4) is 0 Å². The first kappa shape index (κ1) is 13.9. The molecule has 0 amide bonds. The molecule has 1 heterocycles. The Bertz CT molecular complexity index is 428. The minimum Gasteiger partial charge on any atom is -0.506 e. The molecule has 2 N–H and O–H groups in total. The number of halogens is 2. The van der Waals surface area contributed by atoms with Gasteiger partial charge in [0.05, 0.1) is 24.3 Å². The lowest BCUT2D eigenvalue weighted by molar-refractivity contribution is 0.0562. The lowest BCUT2D eigenvalue weighted by Gasteiger charge is -2.22. The summed E-state index contributed by atoms with van der Waals surface area (Å²) in [6, 6.07) is 3.08. The highest BCUT2D eigenvalue weighted by molar-refractivity contribution is 6.36. The summed E-state index contributed by atoms with van der Waals surface area (Å²) in [7, 11) is 0. The van der Waals surface area contributed by atoms with Gasteiger partial charge in [-0.1, -0.05) is 23.2 Å². The van der Waals surface area contributed by atoms with Crippen molar-refractivity contribution >= 4 is 23.2 Å². The molecule has 0 radical (unpaired) electrons. The number of hydrogen-bond acceptors (Lipinski definition) is 4. The number of phenols is 1. The number of aliphatic hydroxyl groups excluding tert-OH is 1. The number of aromatic hydroxyl groups is 1. The highest BCUT2D eigenvalue weighted by atomic mass is 35.5. The Morgan fingerprint density at radius 1 is 1.39 bits per heavy atom. The molecule has 1 atom stereocenters. The smallest absolute Gasteiger partial charge is 0.134 e. The summed E-state index contributed by atoms with van der Waals surface area (Å²) in [6.45, 7) is 2.58. The molecule has 2 rings (SSSR count). The maximum absolute atomic E-state index is 9.65. The van der Waals surface area contributed by atoms with E-state index in [1.807, 2.05) is 4.90 Å². The first-order valence-electron chi connectivity index (χ1n) is 5.72. The van der Waals surface area contributed by atoms with Crippen molar-refractivity contribution in [1.29, 1.82) is 0 Å². The summed E-state index contributed by atoms with van der Waals surface area (Å²) in [5.41, 5.74) is 0.674. The Morgan fingerprint density at radius 2 is 2.17 bits per heavy atom. The van der Waals surface area contributed by atoms with Crippen LogP contribution in [0.25, 0.3) is 0 Å². The zero-order valence-corrected chi connectivity index (χ0v) is 11.3. The van der Waals surface area contributed by atoms with Crippen LogP contribution < -0.4 is 0 Å². The standard InChI is InChI=1S/C12H15Cl2NO3/c13-10-1-2-11(17)12(14)9(10)6-15-3-4-18-7-8(16)5-15/h1-2,8,16-17H,3-7H2. The van der Waals surface area contributed by atoms with E-state index in [0.717, 1.165) is 0 Å². The van der Waals surface area contributed by atoms with Crippen molar-refractivity contribution in [1.82, 2.24) is 4.90 Å². The molecule has 1 fully saturated rings. The van der Waals surface area contributed by atoms with Gasteiger partial charge >= 0.3 is 0 Å². The molecule has 18 heavy (non-hydrogen) atoms. The molecule has 1 aliphatic rings. The highest BCUT2D eigenvalue weighted by Crippen LogP contribution is 2.33. The Balaban J connectivity index is 2.15. The van der Waals surface area contributed by atoms with E-state index in [9.17, 15) is 10.2 Å². The maximum atomic E-state index is 9.65. The number of β-amino-alcohol motifs (C(OH)–C–C–N with tert-alkyl or cyclic N) is 1. The van der Waals surface area contributed by atoms with E-state index in [1.54, 1.807) is 6.07 Å². The van der Waals surface area contributed by atoms with Crippen LogP contribution in [0.1, 0.15) is 5.56 Å². The quantitative estimate of drug-likeness (QED) is 0.874. The molecule has 0 bridgehead atoms. The third kappa shape index (κ3) is 3.28. The molecule has 1 aromatic carbocycles. The van der Waals surface area contributed by atoms with Crippen molar-refractivity contribution in [2.24, 2.45) is 0 Å². The van der Waals surface area contributed by atoms with Gasteiger partial charge in [0.25, 0.3) is 0 Å². The minimum atomic E-state index is -0.512. The fourth-order valence-corrected chi connectivity index (χ4v) is 2.44. The van der Waals surface area contributed by atoms with Gasteiger partial charge in [0.15, 0.2) is 0 Å². The lowest BCUT2D eigenvalue weighted by atomic mass is 10.2. The van der Waals surface area contributed by atoms with Gasteiger partial charge in [0.1, 0.15) is 5.75 Å². The van der Waals surface area contributed by atoms with Crippen molar-refractivity contribution in [3.63, 3.8) is 0 Å². The van der Waals surface area contributed by atoms with E-state index in [1.165, 1.54) is 6.07 Å². The second-order valence-corrected chi connectivity index (χ2v) is 5.11. The Hall–Kier alpha value is -0.520. The van der Waals surface area contributed by atoms with E-state index in [4.69, 9.17) is 27.9 Å². The molecule has 6 heteroatoms. The minimum absolute atomic E-state index is 0.0164. The normalized spacial score (nSPS) is 21.8. The van der Waals surface area contributed by atoms with E-state index >= 15 is 0 Å². The van der Waals surface area contributed by atoms with Gasteiger partial charge in [-0.05, 0) is 12.1 Å². The van der Waals surface area contributed by atoms with Crippen LogP contribution in [0.15, 0.2) is 12.1 Å². The molecule has 0 aromatic heterocycles. The van der Waals surface area contributed by atoms with Gasteiger partial charge in [0, 0.05) is 30.2 Å². The fourth-order valence-electron chi connectivity index (χ4n) is 1.95. The van der Waals surface area contributed by atoms with Crippen molar-refractivity contribution in [2.75, 3.05) is 26.3 Å². The first-order valence-corrected chi connectivity index (χ1v) is 6.47. The SMILES string of the molecule is Oc1ccc(Cl)c(CN2CCOCC(O)C2)c1Cl. The summed E-state index contributed by atoms with van der Waals surface area (Å²) < 4.78 is 5.25. The van der Waals surface area contributed by atoms with Crippen LogP contribution >= 0.6 is 23.2 Å². The lowest BCUT2D eigenvalue weighted by Crippen LogP contribution is -2.32. The monoisotopic (exact) mass is 291 g/mol. The molecular weight excluding hydrogens is 277 g/mol. The van der Waals surface area contributed by atoms with Gasteiger partial charge < -0.3 is 14.9 Å². The van der Waals surface area contributed by atoms with Gasteiger partial charge in [-0.2, -0.15) is 0 Å². The number of rotatable bonds is 2. The molecule has 1 saturated heterocycles. The summed E-state index contributed by atoms with van der Waals surface area (Å²) in [5.74, 6) is 0.0164. The molecule has 100 valence electrons. The van der Waals surface area contributed by atoms with Gasteiger partial charge in [-0.15, -0.1) is 0 Å². The molecule has 0 spiro atoms.